The van der Waals surface area contributed by atoms with Gasteiger partial charge in [0.2, 0.25) is 0 Å². The molecule has 0 unspecified atom stereocenters. The second kappa shape index (κ2) is 6.28. The van der Waals surface area contributed by atoms with Gasteiger partial charge in [-0.1, -0.05) is 39.7 Å². The molecule has 4 nitrogen and oxygen atoms in total. The summed E-state index contributed by atoms with van der Waals surface area (Å²) >= 11 is 9.52. The van der Waals surface area contributed by atoms with Crippen molar-refractivity contribution in [2.75, 3.05) is 5.32 Å². The van der Waals surface area contributed by atoms with Crippen LogP contribution in [0.3, 0.4) is 0 Å². The monoisotopic (exact) mass is 362 g/mol. The first-order valence-electron chi connectivity index (χ1n) is 6.35. The molecule has 106 valence electrons. The fraction of sp³-hybridized carbons (Fsp3) is 0.0667. The molecule has 1 heterocycles. The Morgan fingerprint density at radius 2 is 1.95 bits per heavy atom. The minimum Gasteiger partial charge on any atom is -0.379 e. The van der Waals surface area contributed by atoms with Gasteiger partial charge in [0, 0.05) is 16.0 Å². The average molecular weight is 364 g/mol. The van der Waals surface area contributed by atoms with E-state index in [2.05, 4.69) is 43.5 Å². The number of rotatable bonds is 4. The highest BCUT2D eigenvalue weighted by molar-refractivity contribution is 9.10. The molecule has 0 aliphatic rings. The summed E-state index contributed by atoms with van der Waals surface area (Å²) < 4.78 is 2.78. The zero-order chi connectivity index (χ0) is 14.7. The summed E-state index contributed by atoms with van der Waals surface area (Å²) in [5.41, 5.74) is 3.01. The number of hydrogen-bond donors (Lipinski definition) is 1. The van der Waals surface area contributed by atoms with Gasteiger partial charge in [0.25, 0.3) is 0 Å². The van der Waals surface area contributed by atoms with E-state index < -0.39 is 0 Å². The molecule has 0 spiro atoms. The first-order valence-corrected chi connectivity index (χ1v) is 7.52. The van der Waals surface area contributed by atoms with Gasteiger partial charge in [-0.25, -0.2) is 9.67 Å². The van der Waals surface area contributed by atoms with Crippen LogP contribution in [0.4, 0.5) is 5.69 Å². The van der Waals surface area contributed by atoms with Crippen molar-refractivity contribution in [3.8, 4) is 5.69 Å². The van der Waals surface area contributed by atoms with Crippen LogP contribution < -0.4 is 5.32 Å². The lowest BCUT2D eigenvalue weighted by Crippen LogP contribution is -2.05. The van der Waals surface area contributed by atoms with E-state index in [1.165, 1.54) is 11.9 Å². The van der Waals surface area contributed by atoms with Crippen LogP contribution in [-0.2, 0) is 6.54 Å². The van der Waals surface area contributed by atoms with Crippen LogP contribution >= 0.6 is 27.5 Å². The highest BCUT2D eigenvalue weighted by Crippen LogP contribution is 2.24. The van der Waals surface area contributed by atoms with Crippen LogP contribution in [-0.4, -0.2) is 14.8 Å². The molecule has 0 amide bonds. The molecule has 2 aromatic carbocycles. The second-order valence-electron chi connectivity index (χ2n) is 4.48. The Morgan fingerprint density at radius 1 is 1.14 bits per heavy atom. The number of anilines is 1. The fourth-order valence-electron chi connectivity index (χ4n) is 1.98. The van der Waals surface area contributed by atoms with Gasteiger partial charge in [0.15, 0.2) is 0 Å². The van der Waals surface area contributed by atoms with Gasteiger partial charge in [-0.3, -0.25) is 0 Å². The molecule has 1 N–H and O–H groups in total. The first-order chi connectivity index (χ1) is 10.2. The molecule has 0 radical (unpaired) electrons. The van der Waals surface area contributed by atoms with Crippen molar-refractivity contribution in [1.82, 2.24) is 14.8 Å². The summed E-state index contributed by atoms with van der Waals surface area (Å²) in [6.07, 6.45) is 3.17. The van der Waals surface area contributed by atoms with E-state index in [9.17, 15) is 0 Å². The molecule has 21 heavy (non-hydrogen) atoms. The van der Waals surface area contributed by atoms with Crippen molar-refractivity contribution in [1.29, 1.82) is 0 Å². The quantitative estimate of drug-likeness (QED) is 0.751. The lowest BCUT2D eigenvalue weighted by molar-refractivity contribution is 0.878. The predicted molar refractivity (Wildman–Crippen MR) is 87.8 cm³/mol. The summed E-state index contributed by atoms with van der Waals surface area (Å²) in [5, 5.41) is 8.23. The molecule has 0 bridgehead atoms. The summed E-state index contributed by atoms with van der Waals surface area (Å²) in [6.45, 7) is 0.704. The van der Waals surface area contributed by atoms with E-state index in [-0.39, 0.29) is 0 Å². The minimum absolute atomic E-state index is 0.678. The van der Waals surface area contributed by atoms with E-state index in [4.69, 9.17) is 11.6 Å². The Kier molecular flexibility index (Phi) is 4.22. The Labute approximate surface area is 135 Å². The Hall–Kier alpha value is -1.85. The minimum atomic E-state index is 0.678. The number of nitrogens with zero attached hydrogens (tertiary/aromatic N) is 3. The van der Waals surface area contributed by atoms with Crippen LogP contribution in [0.2, 0.25) is 5.02 Å². The first kappa shape index (κ1) is 14.1. The molecular formula is C15H12BrClN4. The smallest absolute Gasteiger partial charge is 0.138 e. The Balaban J connectivity index is 1.84. The normalized spacial score (nSPS) is 10.6. The molecular weight excluding hydrogens is 352 g/mol. The Bertz CT molecular complexity index is 726. The van der Waals surface area contributed by atoms with Gasteiger partial charge in [-0.05, 0) is 35.9 Å². The summed E-state index contributed by atoms with van der Waals surface area (Å²) in [7, 11) is 0. The van der Waals surface area contributed by atoms with Gasteiger partial charge in [-0.15, -0.1) is 0 Å². The van der Waals surface area contributed by atoms with E-state index in [1.54, 1.807) is 11.0 Å². The third-order valence-corrected chi connectivity index (χ3v) is 3.78. The molecule has 0 atom stereocenters. The molecule has 3 aromatic rings. The third kappa shape index (κ3) is 3.43. The number of aromatic nitrogens is 3. The standard InChI is InChI=1S/C15H12BrClN4/c16-12-3-1-11(2-4-12)8-19-14-7-13(17)5-6-15(14)21-10-18-9-20-21/h1-7,9-10,19H,8H2. The number of benzene rings is 2. The fourth-order valence-corrected chi connectivity index (χ4v) is 2.42. The van der Waals surface area contributed by atoms with E-state index in [0.717, 1.165) is 15.8 Å². The topological polar surface area (TPSA) is 42.7 Å². The number of nitrogens with one attached hydrogen (secondary N) is 1. The van der Waals surface area contributed by atoms with Crippen molar-refractivity contribution in [2.24, 2.45) is 0 Å². The molecule has 0 aliphatic heterocycles. The van der Waals surface area contributed by atoms with Crippen LogP contribution in [0.5, 0.6) is 0 Å². The van der Waals surface area contributed by atoms with Crippen molar-refractivity contribution < 1.29 is 0 Å². The molecule has 0 aliphatic carbocycles. The number of hydrogen-bond acceptors (Lipinski definition) is 3. The molecule has 0 saturated heterocycles. The Morgan fingerprint density at radius 3 is 2.67 bits per heavy atom. The van der Waals surface area contributed by atoms with Gasteiger partial charge < -0.3 is 5.32 Å². The molecule has 6 heteroatoms. The van der Waals surface area contributed by atoms with Gasteiger partial charge in [0.1, 0.15) is 12.7 Å². The highest BCUT2D eigenvalue weighted by atomic mass is 79.9. The molecule has 3 rings (SSSR count). The van der Waals surface area contributed by atoms with Crippen molar-refractivity contribution in [3.05, 3.63) is 70.2 Å². The van der Waals surface area contributed by atoms with E-state index in [1.807, 2.05) is 30.3 Å². The highest BCUT2D eigenvalue weighted by Gasteiger charge is 2.06. The molecule has 0 saturated carbocycles. The summed E-state index contributed by atoms with van der Waals surface area (Å²) in [5.74, 6) is 0. The lowest BCUT2D eigenvalue weighted by Gasteiger charge is -2.12. The van der Waals surface area contributed by atoms with Crippen LogP contribution in [0.25, 0.3) is 5.69 Å². The lowest BCUT2D eigenvalue weighted by atomic mass is 10.2. The van der Waals surface area contributed by atoms with Crippen molar-refractivity contribution in [3.63, 3.8) is 0 Å². The average Bonchev–Trinajstić information content (AvgIpc) is 3.01. The van der Waals surface area contributed by atoms with Crippen LogP contribution in [0.1, 0.15) is 5.56 Å². The van der Waals surface area contributed by atoms with Crippen molar-refractivity contribution >= 4 is 33.2 Å². The van der Waals surface area contributed by atoms with Crippen LogP contribution in [0.15, 0.2) is 59.6 Å². The second-order valence-corrected chi connectivity index (χ2v) is 5.83. The molecule has 0 fully saturated rings. The maximum absolute atomic E-state index is 6.09. The summed E-state index contributed by atoms with van der Waals surface area (Å²) in [6, 6.07) is 13.8. The predicted octanol–water partition coefficient (Wildman–Crippen LogP) is 4.30. The van der Waals surface area contributed by atoms with E-state index >= 15 is 0 Å². The van der Waals surface area contributed by atoms with Gasteiger partial charge in [0.05, 0.1) is 11.4 Å². The maximum Gasteiger partial charge on any atom is 0.138 e. The SMILES string of the molecule is Clc1ccc(-n2cncn2)c(NCc2ccc(Br)cc2)c1. The maximum atomic E-state index is 6.09. The zero-order valence-corrected chi connectivity index (χ0v) is 13.3. The molecule has 1 aromatic heterocycles. The van der Waals surface area contributed by atoms with Crippen molar-refractivity contribution in [2.45, 2.75) is 6.54 Å². The summed E-state index contributed by atoms with van der Waals surface area (Å²) in [4.78, 5) is 3.98. The largest absolute Gasteiger partial charge is 0.379 e. The van der Waals surface area contributed by atoms with E-state index in [0.29, 0.717) is 11.6 Å². The van der Waals surface area contributed by atoms with Gasteiger partial charge >= 0.3 is 0 Å². The van der Waals surface area contributed by atoms with Crippen LogP contribution in [0, 0.1) is 0 Å². The zero-order valence-electron chi connectivity index (χ0n) is 11.0. The number of halogens is 2. The third-order valence-electron chi connectivity index (χ3n) is 3.02. The van der Waals surface area contributed by atoms with Gasteiger partial charge in [-0.2, -0.15) is 5.10 Å².